The summed E-state index contributed by atoms with van der Waals surface area (Å²) in [6.07, 6.45) is 2.75. The number of hydrogen-bond acceptors (Lipinski definition) is 3. The number of nitrogens with one attached hydrogen (secondary N) is 1. The molecule has 2 unspecified atom stereocenters. The molecule has 74 valence electrons. The van der Waals surface area contributed by atoms with Gasteiger partial charge in [0.2, 0.25) is 5.91 Å². The first kappa shape index (κ1) is 9.98. The molecule has 0 bridgehead atoms. The fourth-order valence-corrected chi connectivity index (χ4v) is 1.82. The first-order chi connectivity index (χ1) is 6.16. The van der Waals surface area contributed by atoms with Crippen LogP contribution in [0.2, 0.25) is 0 Å². The van der Waals surface area contributed by atoms with E-state index in [9.17, 15) is 9.59 Å². The second-order valence-electron chi connectivity index (χ2n) is 3.31. The number of carboxylic acid groups (broad SMARTS) is 1. The molecule has 0 aromatic rings. The van der Waals surface area contributed by atoms with Gasteiger partial charge in [0.1, 0.15) is 0 Å². The first-order valence-electron chi connectivity index (χ1n) is 4.33. The molecule has 13 heavy (non-hydrogen) atoms. The van der Waals surface area contributed by atoms with Crippen molar-refractivity contribution in [2.45, 2.75) is 25.7 Å². The maximum absolute atomic E-state index is 11.1. The van der Waals surface area contributed by atoms with E-state index in [1.165, 1.54) is 5.48 Å². The Morgan fingerprint density at radius 2 is 1.69 bits per heavy atom. The van der Waals surface area contributed by atoms with E-state index < -0.39 is 23.7 Å². The van der Waals surface area contributed by atoms with Crippen molar-refractivity contribution in [3.8, 4) is 0 Å². The topological polar surface area (TPSA) is 86.6 Å². The van der Waals surface area contributed by atoms with Crippen LogP contribution in [0.1, 0.15) is 25.7 Å². The van der Waals surface area contributed by atoms with Crippen molar-refractivity contribution >= 4 is 11.9 Å². The second kappa shape index (κ2) is 4.23. The van der Waals surface area contributed by atoms with Crippen molar-refractivity contribution in [2.24, 2.45) is 11.8 Å². The summed E-state index contributed by atoms with van der Waals surface area (Å²) in [6, 6.07) is 0. The molecule has 3 N–H and O–H groups in total. The molecular formula is C8H13NO4. The molecule has 1 aliphatic rings. The van der Waals surface area contributed by atoms with Crippen molar-refractivity contribution in [1.82, 2.24) is 5.48 Å². The van der Waals surface area contributed by atoms with Crippen LogP contribution in [0.3, 0.4) is 0 Å². The van der Waals surface area contributed by atoms with Gasteiger partial charge in [0, 0.05) is 0 Å². The van der Waals surface area contributed by atoms with Gasteiger partial charge in [-0.1, -0.05) is 12.8 Å². The second-order valence-corrected chi connectivity index (χ2v) is 3.31. The summed E-state index contributed by atoms with van der Waals surface area (Å²) in [5.41, 5.74) is 1.52. The first-order valence-corrected chi connectivity index (χ1v) is 4.33. The molecule has 2 atom stereocenters. The van der Waals surface area contributed by atoms with Crippen LogP contribution in [0, 0.1) is 11.8 Å². The number of rotatable bonds is 2. The minimum absolute atomic E-state index is 0.521. The Kier molecular flexibility index (Phi) is 3.25. The molecule has 1 saturated carbocycles. The number of hydroxylamine groups is 1. The molecule has 1 rings (SSSR count). The largest absolute Gasteiger partial charge is 0.481 e. The number of amides is 1. The van der Waals surface area contributed by atoms with Gasteiger partial charge in [0.15, 0.2) is 0 Å². The quantitative estimate of drug-likeness (QED) is 0.431. The van der Waals surface area contributed by atoms with Crippen LogP contribution < -0.4 is 5.48 Å². The highest BCUT2D eigenvalue weighted by Crippen LogP contribution is 2.30. The van der Waals surface area contributed by atoms with Gasteiger partial charge in [0.05, 0.1) is 11.8 Å². The lowest BCUT2D eigenvalue weighted by molar-refractivity contribution is -0.151. The average Bonchev–Trinajstić information content (AvgIpc) is 2.16. The molecule has 5 nitrogen and oxygen atoms in total. The van der Waals surface area contributed by atoms with Crippen molar-refractivity contribution in [2.75, 3.05) is 0 Å². The highest BCUT2D eigenvalue weighted by atomic mass is 16.5. The van der Waals surface area contributed by atoms with Gasteiger partial charge in [-0.15, -0.1) is 0 Å². The maximum atomic E-state index is 11.1. The summed E-state index contributed by atoms with van der Waals surface area (Å²) in [7, 11) is 0. The monoisotopic (exact) mass is 187 g/mol. The van der Waals surface area contributed by atoms with E-state index in [0.717, 1.165) is 12.8 Å². The minimum atomic E-state index is -0.951. The molecule has 0 radical (unpaired) electrons. The predicted molar refractivity (Wildman–Crippen MR) is 43.0 cm³/mol. The highest BCUT2D eigenvalue weighted by Gasteiger charge is 2.35. The number of aliphatic carboxylic acids is 1. The normalized spacial score (nSPS) is 28.1. The lowest BCUT2D eigenvalue weighted by Gasteiger charge is -2.26. The third-order valence-electron chi connectivity index (χ3n) is 2.53. The third-order valence-corrected chi connectivity index (χ3v) is 2.53. The van der Waals surface area contributed by atoms with Crippen LogP contribution in [0.25, 0.3) is 0 Å². The van der Waals surface area contributed by atoms with Crippen molar-refractivity contribution < 1.29 is 19.9 Å². The Bertz CT molecular complexity index is 216. The number of carboxylic acids is 1. The third kappa shape index (κ3) is 2.18. The number of carbonyl (C=O) groups excluding carboxylic acids is 1. The summed E-state index contributed by atoms with van der Waals surface area (Å²) in [4.78, 5) is 21.8. The molecule has 1 amide bonds. The molecule has 0 aromatic carbocycles. The van der Waals surface area contributed by atoms with Gasteiger partial charge in [-0.05, 0) is 12.8 Å². The molecule has 1 aliphatic carbocycles. The molecule has 1 fully saturated rings. The summed E-state index contributed by atoms with van der Waals surface area (Å²) >= 11 is 0. The summed E-state index contributed by atoms with van der Waals surface area (Å²) in [6.45, 7) is 0. The molecule has 0 aromatic heterocycles. The molecule has 0 saturated heterocycles. The molecule has 0 heterocycles. The average molecular weight is 187 g/mol. The van der Waals surface area contributed by atoms with E-state index in [1.54, 1.807) is 0 Å². The van der Waals surface area contributed by atoms with Crippen molar-refractivity contribution in [3.05, 3.63) is 0 Å². The maximum Gasteiger partial charge on any atom is 0.307 e. The number of carbonyl (C=O) groups is 2. The fraction of sp³-hybridized carbons (Fsp3) is 0.750. The van der Waals surface area contributed by atoms with Crippen molar-refractivity contribution in [1.29, 1.82) is 0 Å². The predicted octanol–water partition coefficient (Wildman–Crippen LogP) is 0.383. The Balaban J connectivity index is 2.67. The minimum Gasteiger partial charge on any atom is -0.481 e. The van der Waals surface area contributed by atoms with Crippen LogP contribution in [-0.4, -0.2) is 22.2 Å². The van der Waals surface area contributed by atoms with Gasteiger partial charge >= 0.3 is 5.97 Å². The van der Waals surface area contributed by atoms with Crippen molar-refractivity contribution in [3.63, 3.8) is 0 Å². The molecule has 5 heteroatoms. The Morgan fingerprint density at radius 3 is 2.15 bits per heavy atom. The Hall–Kier alpha value is -1.10. The Labute approximate surface area is 75.7 Å². The van der Waals surface area contributed by atoms with Crippen LogP contribution in [0.5, 0.6) is 0 Å². The van der Waals surface area contributed by atoms with Gasteiger partial charge in [-0.25, -0.2) is 5.48 Å². The smallest absolute Gasteiger partial charge is 0.307 e. The van der Waals surface area contributed by atoms with Crippen LogP contribution in [0.15, 0.2) is 0 Å². The van der Waals surface area contributed by atoms with Gasteiger partial charge in [0.25, 0.3) is 0 Å². The zero-order chi connectivity index (χ0) is 9.84. The van der Waals surface area contributed by atoms with Crippen LogP contribution in [0.4, 0.5) is 0 Å². The fourth-order valence-electron chi connectivity index (χ4n) is 1.82. The lowest BCUT2D eigenvalue weighted by Crippen LogP contribution is -2.38. The summed E-state index contributed by atoms with van der Waals surface area (Å²) in [5, 5.41) is 17.2. The molecular weight excluding hydrogens is 174 g/mol. The van der Waals surface area contributed by atoms with Gasteiger partial charge < -0.3 is 5.11 Å². The van der Waals surface area contributed by atoms with E-state index in [4.69, 9.17) is 10.3 Å². The van der Waals surface area contributed by atoms with Gasteiger partial charge in [-0.3, -0.25) is 14.8 Å². The van der Waals surface area contributed by atoms with E-state index in [-0.39, 0.29) is 0 Å². The van der Waals surface area contributed by atoms with E-state index in [2.05, 4.69) is 0 Å². The molecule has 0 spiro atoms. The highest BCUT2D eigenvalue weighted by molar-refractivity contribution is 5.84. The Morgan fingerprint density at radius 1 is 1.15 bits per heavy atom. The van der Waals surface area contributed by atoms with E-state index >= 15 is 0 Å². The standard InChI is InChI=1S/C8H13NO4/c10-7(9-13)5-3-1-2-4-6(5)8(11)12/h5-6,13H,1-4H2,(H,9,10)(H,11,12). The van der Waals surface area contributed by atoms with E-state index in [1.807, 2.05) is 0 Å². The summed E-state index contributed by atoms with van der Waals surface area (Å²) < 4.78 is 0. The summed E-state index contributed by atoms with van der Waals surface area (Å²) in [5.74, 6) is -2.74. The zero-order valence-corrected chi connectivity index (χ0v) is 7.19. The lowest BCUT2D eigenvalue weighted by atomic mass is 9.79. The van der Waals surface area contributed by atoms with Crippen LogP contribution >= 0.6 is 0 Å². The molecule has 0 aliphatic heterocycles. The number of hydrogen-bond donors (Lipinski definition) is 3. The van der Waals surface area contributed by atoms with E-state index in [0.29, 0.717) is 12.8 Å². The SMILES string of the molecule is O=C(O)C1CCCCC1C(=O)NO. The van der Waals surface area contributed by atoms with Gasteiger partial charge in [-0.2, -0.15) is 0 Å². The zero-order valence-electron chi connectivity index (χ0n) is 7.19. The van der Waals surface area contributed by atoms with Crippen LogP contribution in [-0.2, 0) is 9.59 Å².